The molecular weight excluding hydrogens is 318 g/mol. The molecule has 0 bridgehead atoms. The SMILES string of the molecule is OC[C@H]1O[C@@H](n2cnc3c(N4CCOCC4)ncnc32)C(O)C1O. The second-order valence-corrected chi connectivity index (χ2v) is 5.85. The van der Waals surface area contributed by atoms with Crippen molar-refractivity contribution in [3.05, 3.63) is 12.7 Å². The fourth-order valence-electron chi connectivity index (χ4n) is 3.14. The van der Waals surface area contributed by atoms with E-state index in [1.807, 2.05) is 0 Å². The van der Waals surface area contributed by atoms with Gasteiger partial charge in [-0.05, 0) is 0 Å². The van der Waals surface area contributed by atoms with Crippen molar-refractivity contribution in [2.24, 2.45) is 0 Å². The van der Waals surface area contributed by atoms with Crippen LogP contribution in [-0.4, -0.2) is 86.1 Å². The quantitative estimate of drug-likeness (QED) is 0.599. The van der Waals surface area contributed by atoms with Crippen molar-refractivity contribution in [3.63, 3.8) is 0 Å². The summed E-state index contributed by atoms with van der Waals surface area (Å²) >= 11 is 0. The summed E-state index contributed by atoms with van der Waals surface area (Å²) < 4.78 is 12.5. The zero-order valence-corrected chi connectivity index (χ0v) is 12.9. The molecule has 130 valence electrons. The van der Waals surface area contributed by atoms with Gasteiger partial charge in [-0.25, -0.2) is 15.0 Å². The van der Waals surface area contributed by atoms with E-state index in [2.05, 4.69) is 19.9 Å². The molecule has 10 nitrogen and oxygen atoms in total. The van der Waals surface area contributed by atoms with E-state index in [1.165, 1.54) is 12.7 Å². The minimum Gasteiger partial charge on any atom is -0.394 e. The number of ether oxygens (including phenoxy) is 2. The summed E-state index contributed by atoms with van der Waals surface area (Å²) in [5.74, 6) is 0.703. The van der Waals surface area contributed by atoms with Crippen molar-refractivity contribution < 1.29 is 24.8 Å². The van der Waals surface area contributed by atoms with E-state index in [0.717, 1.165) is 0 Å². The monoisotopic (exact) mass is 337 g/mol. The molecule has 10 heteroatoms. The van der Waals surface area contributed by atoms with E-state index in [-0.39, 0.29) is 6.61 Å². The van der Waals surface area contributed by atoms with Gasteiger partial charge in [0.1, 0.15) is 24.6 Å². The Morgan fingerprint density at radius 2 is 1.92 bits per heavy atom. The van der Waals surface area contributed by atoms with Gasteiger partial charge in [0.2, 0.25) is 0 Å². The first-order valence-corrected chi connectivity index (χ1v) is 7.83. The predicted octanol–water partition coefficient (Wildman–Crippen LogP) is -1.73. The molecule has 0 aromatic carbocycles. The highest BCUT2D eigenvalue weighted by Crippen LogP contribution is 2.32. The number of aliphatic hydroxyl groups excluding tert-OH is 3. The Morgan fingerprint density at radius 1 is 1.12 bits per heavy atom. The standard InChI is InChI=1S/C14H19N5O5/c20-5-8-10(21)11(22)14(24-8)19-7-17-9-12(15-6-16-13(9)19)18-1-3-23-4-2-18/h6-8,10-11,14,20-22H,1-5H2/t8-,10?,11?,14-/m1/s1. The maximum Gasteiger partial charge on any atom is 0.167 e. The zero-order chi connectivity index (χ0) is 16.7. The number of fused-ring (bicyclic) bond motifs is 1. The van der Waals surface area contributed by atoms with Crippen LogP contribution in [0.5, 0.6) is 0 Å². The second-order valence-electron chi connectivity index (χ2n) is 5.85. The van der Waals surface area contributed by atoms with Gasteiger partial charge in [0.05, 0.1) is 26.1 Å². The smallest absolute Gasteiger partial charge is 0.167 e. The average molecular weight is 337 g/mol. The maximum atomic E-state index is 10.2. The molecule has 4 rings (SSSR count). The molecule has 2 aromatic heterocycles. The van der Waals surface area contributed by atoms with Crippen LogP contribution in [0.4, 0.5) is 5.82 Å². The van der Waals surface area contributed by atoms with E-state index in [0.29, 0.717) is 43.3 Å². The highest BCUT2D eigenvalue weighted by molar-refractivity contribution is 5.83. The molecule has 2 unspecified atom stereocenters. The topological polar surface area (TPSA) is 126 Å². The predicted molar refractivity (Wildman–Crippen MR) is 81.4 cm³/mol. The van der Waals surface area contributed by atoms with Crippen LogP contribution in [0.2, 0.25) is 0 Å². The molecule has 2 aromatic rings. The van der Waals surface area contributed by atoms with E-state index < -0.39 is 24.5 Å². The number of morpholine rings is 1. The fourth-order valence-corrected chi connectivity index (χ4v) is 3.14. The van der Waals surface area contributed by atoms with Crippen molar-refractivity contribution in [1.82, 2.24) is 19.5 Å². The first kappa shape index (κ1) is 15.7. The van der Waals surface area contributed by atoms with Crippen molar-refractivity contribution in [2.45, 2.75) is 24.5 Å². The lowest BCUT2D eigenvalue weighted by atomic mass is 10.1. The molecule has 0 saturated carbocycles. The molecule has 0 amide bonds. The van der Waals surface area contributed by atoms with Crippen LogP contribution in [-0.2, 0) is 9.47 Å². The van der Waals surface area contributed by atoms with Gasteiger partial charge >= 0.3 is 0 Å². The van der Waals surface area contributed by atoms with E-state index in [1.54, 1.807) is 4.57 Å². The Balaban J connectivity index is 1.71. The fraction of sp³-hybridized carbons (Fsp3) is 0.643. The number of aliphatic hydroxyl groups is 3. The highest BCUT2D eigenvalue weighted by Gasteiger charge is 2.44. The van der Waals surface area contributed by atoms with Crippen LogP contribution >= 0.6 is 0 Å². The third-order valence-electron chi connectivity index (χ3n) is 4.44. The van der Waals surface area contributed by atoms with Gasteiger partial charge in [-0.1, -0.05) is 0 Å². The largest absolute Gasteiger partial charge is 0.394 e. The molecule has 2 aliphatic heterocycles. The molecule has 24 heavy (non-hydrogen) atoms. The maximum absolute atomic E-state index is 10.2. The lowest BCUT2D eigenvalue weighted by Gasteiger charge is -2.27. The van der Waals surface area contributed by atoms with Gasteiger partial charge in [-0.3, -0.25) is 4.57 Å². The second kappa shape index (κ2) is 6.22. The number of hydrogen-bond donors (Lipinski definition) is 3. The van der Waals surface area contributed by atoms with E-state index >= 15 is 0 Å². The molecule has 0 aliphatic carbocycles. The first-order valence-electron chi connectivity index (χ1n) is 7.83. The summed E-state index contributed by atoms with van der Waals surface area (Å²) in [7, 11) is 0. The van der Waals surface area contributed by atoms with Crippen molar-refractivity contribution in [3.8, 4) is 0 Å². The molecule has 0 spiro atoms. The van der Waals surface area contributed by atoms with Gasteiger partial charge in [-0.15, -0.1) is 0 Å². The molecule has 3 N–H and O–H groups in total. The van der Waals surface area contributed by atoms with Gasteiger partial charge in [0.25, 0.3) is 0 Å². The zero-order valence-electron chi connectivity index (χ0n) is 12.9. The van der Waals surface area contributed by atoms with Crippen LogP contribution in [0.3, 0.4) is 0 Å². The molecule has 4 atom stereocenters. The summed E-state index contributed by atoms with van der Waals surface area (Å²) in [5, 5.41) is 29.4. The van der Waals surface area contributed by atoms with Crippen LogP contribution in [0, 0.1) is 0 Å². The molecule has 2 aliphatic rings. The summed E-state index contributed by atoms with van der Waals surface area (Å²) in [6, 6.07) is 0. The summed E-state index contributed by atoms with van der Waals surface area (Å²) in [6.45, 7) is 2.30. The van der Waals surface area contributed by atoms with E-state index in [9.17, 15) is 15.3 Å². The Kier molecular flexibility index (Phi) is 4.06. The van der Waals surface area contributed by atoms with Crippen LogP contribution < -0.4 is 4.90 Å². The Morgan fingerprint density at radius 3 is 2.62 bits per heavy atom. The Bertz CT molecular complexity index is 719. The number of aromatic nitrogens is 4. The molecule has 0 radical (unpaired) electrons. The molecule has 2 fully saturated rings. The lowest BCUT2D eigenvalue weighted by molar-refractivity contribution is -0.0511. The van der Waals surface area contributed by atoms with Crippen molar-refractivity contribution >= 4 is 17.0 Å². The minimum atomic E-state index is -1.18. The Hall–Kier alpha value is -1.85. The van der Waals surface area contributed by atoms with Crippen LogP contribution in [0.15, 0.2) is 12.7 Å². The number of hydrogen-bond acceptors (Lipinski definition) is 9. The third-order valence-corrected chi connectivity index (χ3v) is 4.44. The number of rotatable bonds is 3. The summed E-state index contributed by atoms with van der Waals surface area (Å²) in [4.78, 5) is 15.0. The first-order chi connectivity index (χ1) is 11.7. The molecule has 2 saturated heterocycles. The van der Waals surface area contributed by atoms with Crippen LogP contribution in [0.1, 0.15) is 6.23 Å². The lowest BCUT2D eigenvalue weighted by Crippen LogP contribution is -2.37. The summed E-state index contributed by atoms with van der Waals surface area (Å²) in [6.07, 6.45) is -1.12. The average Bonchev–Trinajstić information content (AvgIpc) is 3.17. The molecule has 4 heterocycles. The third kappa shape index (κ3) is 2.43. The molecular formula is C14H19N5O5. The summed E-state index contributed by atoms with van der Waals surface area (Å²) in [5.41, 5.74) is 1.10. The van der Waals surface area contributed by atoms with Gasteiger partial charge in [0.15, 0.2) is 23.2 Å². The normalized spacial score (nSPS) is 31.0. The number of anilines is 1. The van der Waals surface area contributed by atoms with Gasteiger partial charge in [0, 0.05) is 13.1 Å². The van der Waals surface area contributed by atoms with Gasteiger partial charge < -0.3 is 29.7 Å². The van der Waals surface area contributed by atoms with Crippen LogP contribution in [0.25, 0.3) is 11.2 Å². The van der Waals surface area contributed by atoms with E-state index in [4.69, 9.17) is 9.47 Å². The number of imidazole rings is 1. The number of nitrogens with zero attached hydrogens (tertiary/aromatic N) is 5. The highest BCUT2D eigenvalue weighted by atomic mass is 16.6. The van der Waals surface area contributed by atoms with Crippen molar-refractivity contribution in [1.29, 1.82) is 0 Å². The minimum absolute atomic E-state index is 0.380. The van der Waals surface area contributed by atoms with Gasteiger partial charge in [-0.2, -0.15) is 0 Å². The Labute approximate surface area is 137 Å². The van der Waals surface area contributed by atoms with Crippen molar-refractivity contribution in [2.75, 3.05) is 37.8 Å².